The predicted molar refractivity (Wildman–Crippen MR) is 118 cm³/mol. The third-order valence-corrected chi connectivity index (χ3v) is 5.99. The molecule has 0 saturated carbocycles. The second-order valence-electron chi connectivity index (χ2n) is 7.93. The molecule has 6 nitrogen and oxygen atoms in total. The maximum absolute atomic E-state index is 12.5. The molecule has 0 unspecified atom stereocenters. The highest BCUT2D eigenvalue weighted by atomic mass is 32.1. The normalized spacial score (nSPS) is 15.8. The summed E-state index contributed by atoms with van der Waals surface area (Å²) >= 11 is 1.17. The van der Waals surface area contributed by atoms with Crippen molar-refractivity contribution in [3.05, 3.63) is 53.6 Å². The summed E-state index contributed by atoms with van der Waals surface area (Å²) in [6.45, 7) is 9.58. The Hall–Kier alpha value is -2.35. The molecule has 1 aromatic heterocycles. The first-order chi connectivity index (χ1) is 14.1. The molecular weight excluding hydrogens is 382 g/mol. The molecule has 1 saturated heterocycles. The molecule has 152 valence electrons. The van der Waals surface area contributed by atoms with Gasteiger partial charge in [-0.1, -0.05) is 44.2 Å². The fraction of sp³-hybridized carbons (Fsp3) is 0.409. The van der Waals surface area contributed by atoms with Gasteiger partial charge in [-0.05, 0) is 29.2 Å². The summed E-state index contributed by atoms with van der Waals surface area (Å²) in [5.74, 6) is 0.570. The molecule has 2 aromatic carbocycles. The molecule has 0 bridgehead atoms. The fourth-order valence-corrected chi connectivity index (χ4v) is 4.22. The number of benzene rings is 2. The van der Waals surface area contributed by atoms with E-state index >= 15 is 0 Å². The third-order valence-electron chi connectivity index (χ3n) is 5.44. The molecular formula is C22H27N5OS. The van der Waals surface area contributed by atoms with Gasteiger partial charge in [-0.2, -0.15) is 8.75 Å². The number of anilines is 1. The van der Waals surface area contributed by atoms with Crippen molar-refractivity contribution in [2.24, 2.45) is 0 Å². The maximum atomic E-state index is 12.5. The molecule has 0 spiro atoms. The van der Waals surface area contributed by atoms with Gasteiger partial charge in [0.2, 0.25) is 5.91 Å². The van der Waals surface area contributed by atoms with Gasteiger partial charge in [0.05, 0.1) is 24.0 Å². The Bertz CT molecular complexity index is 961. The molecule has 3 aromatic rings. The highest BCUT2D eigenvalue weighted by molar-refractivity contribution is 7.00. The third kappa shape index (κ3) is 4.98. The minimum absolute atomic E-state index is 0.00299. The minimum atomic E-state index is 0.00299. The Morgan fingerprint density at radius 2 is 1.76 bits per heavy atom. The summed E-state index contributed by atoms with van der Waals surface area (Å²) < 4.78 is 8.50. The number of hydrogen-bond acceptors (Lipinski definition) is 6. The Morgan fingerprint density at radius 1 is 1.03 bits per heavy atom. The summed E-state index contributed by atoms with van der Waals surface area (Å²) in [5.41, 5.74) is 5.06. The number of nitrogens with zero attached hydrogens (tertiary/aromatic N) is 4. The van der Waals surface area contributed by atoms with Gasteiger partial charge < -0.3 is 5.32 Å². The Kier molecular flexibility index (Phi) is 6.18. The van der Waals surface area contributed by atoms with Crippen LogP contribution < -0.4 is 5.32 Å². The van der Waals surface area contributed by atoms with Crippen LogP contribution in [0.3, 0.4) is 0 Å². The molecule has 7 heteroatoms. The highest BCUT2D eigenvalue weighted by Crippen LogP contribution is 2.21. The van der Waals surface area contributed by atoms with E-state index in [-0.39, 0.29) is 5.91 Å². The lowest BCUT2D eigenvalue weighted by Gasteiger charge is -2.34. The van der Waals surface area contributed by atoms with Crippen LogP contribution in [-0.4, -0.2) is 57.2 Å². The first-order valence-corrected chi connectivity index (χ1v) is 10.9. The number of fused-ring (bicyclic) bond motifs is 1. The molecule has 1 aliphatic rings. The fourth-order valence-electron chi connectivity index (χ4n) is 3.67. The van der Waals surface area contributed by atoms with Crippen molar-refractivity contribution in [1.82, 2.24) is 18.5 Å². The van der Waals surface area contributed by atoms with Crippen molar-refractivity contribution < 1.29 is 4.79 Å². The molecule has 1 fully saturated rings. The van der Waals surface area contributed by atoms with E-state index in [1.165, 1.54) is 22.9 Å². The van der Waals surface area contributed by atoms with Crippen LogP contribution in [0.15, 0.2) is 42.5 Å². The lowest BCUT2D eigenvalue weighted by molar-refractivity contribution is -0.117. The second-order valence-corrected chi connectivity index (χ2v) is 8.46. The van der Waals surface area contributed by atoms with Crippen LogP contribution in [0.4, 0.5) is 5.69 Å². The van der Waals surface area contributed by atoms with Crippen molar-refractivity contribution in [1.29, 1.82) is 0 Å². The highest BCUT2D eigenvalue weighted by Gasteiger charge is 2.19. The van der Waals surface area contributed by atoms with E-state index in [0.717, 1.165) is 49.4 Å². The van der Waals surface area contributed by atoms with Gasteiger partial charge in [-0.25, -0.2) is 0 Å². The molecule has 1 N–H and O–H groups in total. The predicted octanol–water partition coefficient (Wildman–Crippen LogP) is 3.57. The van der Waals surface area contributed by atoms with Crippen LogP contribution in [0, 0.1) is 0 Å². The van der Waals surface area contributed by atoms with Gasteiger partial charge in [-0.3, -0.25) is 14.6 Å². The van der Waals surface area contributed by atoms with Crippen LogP contribution in [0.25, 0.3) is 11.0 Å². The molecule has 1 amide bonds. The Morgan fingerprint density at radius 3 is 2.48 bits per heavy atom. The van der Waals surface area contributed by atoms with E-state index in [9.17, 15) is 4.79 Å². The zero-order valence-corrected chi connectivity index (χ0v) is 17.8. The van der Waals surface area contributed by atoms with Crippen molar-refractivity contribution >= 4 is 34.4 Å². The zero-order chi connectivity index (χ0) is 20.2. The number of hydrogen-bond donors (Lipinski definition) is 1. The topological polar surface area (TPSA) is 61.4 Å². The van der Waals surface area contributed by atoms with Crippen molar-refractivity contribution in [2.45, 2.75) is 26.3 Å². The number of nitrogens with one attached hydrogen (secondary N) is 1. The number of carbonyl (C=O) groups excluding carboxylic acids is 1. The molecule has 1 aliphatic heterocycles. The standard InChI is InChI=1S/C22H27N5OS/c1-16(2)18-8-6-17(7-9-18)14-26-10-12-27(13-11-26)15-21(28)23-19-4-3-5-20-22(19)25-29-24-20/h3-9,16H,10-15H2,1-2H3,(H,23,28). The number of carbonyl (C=O) groups is 1. The van der Waals surface area contributed by atoms with Gasteiger partial charge in [0.15, 0.2) is 0 Å². The van der Waals surface area contributed by atoms with E-state index in [2.05, 4.69) is 62.0 Å². The zero-order valence-electron chi connectivity index (χ0n) is 17.0. The minimum Gasteiger partial charge on any atom is -0.323 e. The van der Waals surface area contributed by atoms with E-state index in [1.54, 1.807) is 0 Å². The van der Waals surface area contributed by atoms with Gasteiger partial charge in [0, 0.05) is 32.7 Å². The van der Waals surface area contributed by atoms with Gasteiger partial charge in [-0.15, -0.1) is 0 Å². The Balaban J connectivity index is 1.25. The first kappa shape index (κ1) is 19.9. The molecule has 0 aliphatic carbocycles. The quantitative estimate of drug-likeness (QED) is 0.674. The van der Waals surface area contributed by atoms with E-state index in [1.807, 2.05) is 18.2 Å². The summed E-state index contributed by atoms with van der Waals surface area (Å²) in [6, 6.07) is 14.6. The van der Waals surface area contributed by atoms with Gasteiger partial charge in [0.25, 0.3) is 0 Å². The van der Waals surface area contributed by atoms with Crippen LogP contribution in [0.1, 0.15) is 30.9 Å². The molecule has 2 heterocycles. The molecule has 0 radical (unpaired) electrons. The Labute approximate surface area is 175 Å². The smallest absolute Gasteiger partial charge is 0.238 e. The summed E-state index contributed by atoms with van der Waals surface area (Å²) in [7, 11) is 0. The average molecular weight is 410 g/mol. The lowest BCUT2D eigenvalue weighted by Crippen LogP contribution is -2.48. The molecule has 4 rings (SSSR count). The largest absolute Gasteiger partial charge is 0.323 e. The lowest BCUT2D eigenvalue weighted by atomic mass is 10.0. The van der Waals surface area contributed by atoms with Crippen LogP contribution >= 0.6 is 11.7 Å². The number of aromatic nitrogens is 2. The monoisotopic (exact) mass is 409 g/mol. The van der Waals surface area contributed by atoms with Crippen molar-refractivity contribution in [2.75, 3.05) is 38.0 Å². The first-order valence-electron chi connectivity index (χ1n) is 10.1. The van der Waals surface area contributed by atoms with Gasteiger partial charge >= 0.3 is 0 Å². The average Bonchev–Trinajstić information content (AvgIpc) is 3.20. The van der Waals surface area contributed by atoms with Gasteiger partial charge in [0.1, 0.15) is 11.0 Å². The maximum Gasteiger partial charge on any atom is 0.238 e. The molecule has 29 heavy (non-hydrogen) atoms. The number of piperazine rings is 1. The second kappa shape index (κ2) is 8.98. The van der Waals surface area contributed by atoms with Crippen LogP contribution in [-0.2, 0) is 11.3 Å². The van der Waals surface area contributed by atoms with Crippen molar-refractivity contribution in [3.63, 3.8) is 0 Å². The van der Waals surface area contributed by atoms with Crippen LogP contribution in [0.5, 0.6) is 0 Å². The summed E-state index contributed by atoms with van der Waals surface area (Å²) in [6.07, 6.45) is 0. The SMILES string of the molecule is CC(C)c1ccc(CN2CCN(CC(=O)Nc3cccc4nsnc34)CC2)cc1. The molecule has 0 atom stereocenters. The van der Waals surface area contributed by atoms with E-state index in [0.29, 0.717) is 12.5 Å². The van der Waals surface area contributed by atoms with E-state index in [4.69, 9.17) is 0 Å². The summed E-state index contributed by atoms with van der Waals surface area (Å²) in [4.78, 5) is 17.2. The number of amides is 1. The van der Waals surface area contributed by atoms with Crippen LogP contribution in [0.2, 0.25) is 0 Å². The van der Waals surface area contributed by atoms with Crippen molar-refractivity contribution in [3.8, 4) is 0 Å². The van der Waals surface area contributed by atoms with E-state index < -0.39 is 0 Å². The summed E-state index contributed by atoms with van der Waals surface area (Å²) in [5, 5.41) is 2.99. The number of rotatable bonds is 6.